The predicted molar refractivity (Wildman–Crippen MR) is 162 cm³/mol. The van der Waals surface area contributed by atoms with Gasteiger partial charge >= 0.3 is 18.2 Å². The van der Waals surface area contributed by atoms with Crippen LogP contribution in [0.1, 0.15) is 107 Å². The second-order valence-corrected chi connectivity index (χ2v) is 16.5. The molecule has 8 atom stereocenters. The molecule has 0 aromatic carbocycles. The van der Waals surface area contributed by atoms with Gasteiger partial charge in [0, 0.05) is 37.3 Å². The number of esters is 1. The highest BCUT2D eigenvalue weighted by atomic mass is 16.6. The van der Waals surface area contributed by atoms with Gasteiger partial charge in [-0.25, -0.2) is 14.4 Å². The first-order valence-corrected chi connectivity index (χ1v) is 16.6. The summed E-state index contributed by atoms with van der Waals surface area (Å²) in [5, 5.41) is 0. The van der Waals surface area contributed by atoms with Gasteiger partial charge in [-0.2, -0.15) is 0 Å². The van der Waals surface area contributed by atoms with E-state index >= 15 is 0 Å². The van der Waals surface area contributed by atoms with Gasteiger partial charge in [-0.15, -0.1) is 0 Å². The summed E-state index contributed by atoms with van der Waals surface area (Å²) >= 11 is 0. The lowest BCUT2D eigenvalue weighted by Gasteiger charge is -2.59. The van der Waals surface area contributed by atoms with Crippen LogP contribution in [0.25, 0.3) is 0 Å². The summed E-state index contributed by atoms with van der Waals surface area (Å²) in [6.45, 7) is 15.2. The van der Waals surface area contributed by atoms with E-state index in [9.17, 15) is 24.0 Å². The van der Waals surface area contributed by atoms with E-state index in [1.807, 2.05) is 0 Å². The van der Waals surface area contributed by atoms with Crippen LogP contribution in [0.2, 0.25) is 0 Å². The van der Waals surface area contributed by atoms with Crippen LogP contribution >= 0.6 is 0 Å². The minimum Gasteiger partial charge on any atom is -0.461 e. The summed E-state index contributed by atoms with van der Waals surface area (Å²) in [6, 6.07) is -1.05. The van der Waals surface area contributed by atoms with Gasteiger partial charge in [0.25, 0.3) is 0 Å². The second-order valence-electron chi connectivity index (χ2n) is 16.5. The zero-order chi connectivity index (χ0) is 32.4. The highest BCUT2D eigenvalue weighted by molar-refractivity contribution is 5.88. The van der Waals surface area contributed by atoms with Crippen molar-refractivity contribution in [2.45, 2.75) is 130 Å². The Bertz CT molecular complexity index is 1200. The van der Waals surface area contributed by atoms with Crippen LogP contribution in [0.4, 0.5) is 9.59 Å². The van der Waals surface area contributed by atoms with Gasteiger partial charge in [0.2, 0.25) is 0 Å². The Balaban J connectivity index is 1.29. The van der Waals surface area contributed by atoms with Crippen LogP contribution < -0.4 is 0 Å². The fourth-order valence-electron chi connectivity index (χ4n) is 9.14. The van der Waals surface area contributed by atoms with Gasteiger partial charge in [0.1, 0.15) is 28.9 Å². The molecule has 0 bridgehead atoms. The van der Waals surface area contributed by atoms with Gasteiger partial charge < -0.3 is 19.1 Å². The van der Waals surface area contributed by atoms with Crippen LogP contribution in [0.15, 0.2) is 0 Å². The molecule has 4 aliphatic carbocycles. The Kier molecular flexibility index (Phi) is 8.41. The third kappa shape index (κ3) is 6.11. The smallest absolute Gasteiger partial charge is 0.411 e. The van der Waals surface area contributed by atoms with Crippen molar-refractivity contribution in [3.8, 4) is 0 Å². The van der Waals surface area contributed by atoms with E-state index in [1.54, 1.807) is 41.5 Å². The standard InChI is InChI=1S/C34H52N2O8/c1-31(2,3)43-29(40)35-15-16-36(30(41)44-32(4,5)6)25(19-35)28(39)42-20-11-13-33(7)23-12-14-34(8)22(9-10-27(34)38)21(23)18-26(37)24(33)17-20/h20-25H,9-19H2,1-8H3/t20-,21-,22-,23-,24?,25+,33+,34-/m0/s1. The number of fused-ring (bicyclic) bond motifs is 5. The molecule has 5 fully saturated rings. The number of hydrogen-bond donors (Lipinski definition) is 0. The zero-order valence-electron chi connectivity index (χ0n) is 27.9. The van der Waals surface area contributed by atoms with Gasteiger partial charge in [-0.05, 0) is 103 Å². The molecule has 1 aliphatic heterocycles. The van der Waals surface area contributed by atoms with E-state index in [0.29, 0.717) is 37.4 Å². The number of carbonyl (C=O) groups is 5. The van der Waals surface area contributed by atoms with Gasteiger partial charge in [0.05, 0.1) is 6.54 Å². The molecule has 1 saturated heterocycles. The number of amides is 2. The maximum Gasteiger partial charge on any atom is 0.411 e. The molecular formula is C34H52N2O8. The number of carbonyl (C=O) groups excluding carboxylic acids is 5. The van der Waals surface area contributed by atoms with Crippen molar-refractivity contribution in [2.24, 2.45) is 34.5 Å². The number of rotatable bonds is 2. The summed E-state index contributed by atoms with van der Waals surface area (Å²) in [5.41, 5.74) is -1.94. The molecule has 10 nitrogen and oxygen atoms in total. The number of Topliss-reactive ketones (excluding diaryl/α,β-unsaturated/α-hetero) is 2. The number of nitrogens with zero attached hydrogens (tertiary/aromatic N) is 2. The normalized spacial score (nSPS) is 37.5. The average molecular weight is 617 g/mol. The Morgan fingerprint density at radius 3 is 2.16 bits per heavy atom. The van der Waals surface area contributed by atoms with E-state index in [2.05, 4.69) is 13.8 Å². The van der Waals surface area contributed by atoms with Crippen LogP contribution in [0.5, 0.6) is 0 Å². The summed E-state index contributed by atoms with van der Waals surface area (Å²) < 4.78 is 17.2. The van der Waals surface area contributed by atoms with E-state index in [4.69, 9.17) is 14.2 Å². The first kappa shape index (κ1) is 32.7. The maximum atomic E-state index is 13.8. The Morgan fingerprint density at radius 2 is 1.50 bits per heavy atom. The predicted octanol–water partition coefficient (Wildman–Crippen LogP) is 5.55. The lowest BCUT2D eigenvalue weighted by Crippen LogP contribution is -2.61. The molecular weight excluding hydrogens is 564 g/mol. The summed E-state index contributed by atoms with van der Waals surface area (Å²) in [5.74, 6) is 0.696. The number of ether oxygens (including phenoxy) is 3. The minimum absolute atomic E-state index is 0.0670. The van der Waals surface area contributed by atoms with Crippen LogP contribution in [-0.4, -0.2) is 82.5 Å². The summed E-state index contributed by atoms with van der Waals surface area (Å²) in [7, 11) is 0. The second kappa shape index (κ2) is 11.3. The molecule has 1 unspecified atom stereocenters. The Morgan fingerprint density at radius 1 is 0.841 bits per heavy atom. The molecule has 5 aliphatic rings. The van der Waals surface area contributed by atoms with Crippen LogP contribution in [-0.2, 0) is 28.6 Å². The fourth-order valence-corrected chi connectivity index (χ4v) is 9.14. The number of ketones is 2. The van der Waals surface area contributed by atoms with Crippen molar-refractivity contribution in [3.05, 3.63) is 0 Å². The van der Waals surface area contributed by atoms with E-state index in [-0.39, 0.29) is 54.0 Å². The molecule has 0 N–H and O–H groups in total. The molecule has 0 spiro atoms. The van der Waals surface area contributed by atoms with Crippen molar-refractivity contribution in [1.82, 2.24) is 9.80 Å². The van der Waals surface area contributed by atoms with Crippen molar-refractivity contribution in [1.29, 1.82) is 0 Å². The van der Waals surface area contributed by atoms with Gasteiger partial charge in [-0.1, -0.05) is 13.8 Å². The molecule has 44 heavy (non-hydrogen) atoms. The third-order valence-corrected chi connectivity index (χ3v) is 11.3. The molecule has 2 amide bonds. The molecule has 10 heteroatoms. The topological polar surface area (TPSA) is 120 Å². The highest BCUT2D eigenvalue weighted by Gasteiger charge is 2.62. The lowest BCUT2D eigenvalue weighted by molar-refractivity contribution is -0.173. The van der Waals surface area contributed by atoms with Crippen LogP contribution in [0.3, 0.4) is 0 Å². The average Bonchev–Trinajstić information content (AvgIpc) is 3.21. The molecule has 0 radical (unpaired) electrons. The summed E-state index contributed by atoms with van der Waals surface area (Å²) in [4.78, 5) is 69.1. The SMILES string of the molecule is CC(C)(C)OC(=O)N1CCN(C(=O)OC(C)(C)C)[C@@H](C(=O)O[C@H]2CC[C@@]3(C)C(C2)C(=O)C[C@@H]2[C@@H]3CC[C@]3(C)C(=O)CC[C@@H]23)C1. The largest absolute Gasteiger partial charge is 0.461 e. The fraction of sp³-hybridized carbons (Fsp3) is 0.853. The lowest BCUT2D eigenvalue weighted by atomic mass is 9.45. The van der Waals surface area contributed by atoms with Crippen molar-refractivity contribution >= 4 is 29.7 Å². The molecule has 4 saturated carbocycles. The van der Waals surface area contributed by atoms with Gasteiger partial charge in [-0.3, -0.25) is 14.5 Å². The minimum atomic E-state index is -1.05. The van der Waals surface area contributed by atoms with E-state index in [0.717, 1.165) is 25.7 Å². The molecule has 5 rings (SSSR count). The maximum absolute atomic E-state index is 13.8. The van der Waals surface area contributed by atoms with E-state index < -0.39 is 41.5 Å². The monoisotopic (exact) mass is 616 g/mol. The Labute approximate surface area is 261 Å². The molecule has 246 valence electrons. The number of hydrogen-bond acceptors (Lipinski definition) is 8. The zero-order valence-corrected chi connectivity index (χ0v) is 27.9. The Hall–Kier alpha value is -2.65. The van der Waals surface area contributed by atoms with Crippen LogP contribution in [0, 0.1) is 34.5 Å². The van der Waals surface area contributed by atoms with E-state index in [1.165, 1.54) is 9.80 Å². The quantitative estimate of drug-likeness (QED) is 0.293. The molecule has 1 heterocycles. The highest BCUT2D eigenvalue weighted by Crippen LogP contribution is 2.64. The molecule has 0 aromatic heterocycles. The summed E-state index contributed by atoms with van der Waals surface area (Å²) in [6.07, 6.45) is 4.08. The third-order valence-electron chi connectivity index (χ3n) is 11.3. The first-order chi connectivity index (χ1) is 20.3. The van der Waals surface area contributed by atoms with Crippen molar-refractivity contribution in [3.63, 3.8) is 0 Å². The first-order valence-electron chi connectivity index (χ1n) is 16.6. The molecule has 0 aromatic rings. The number of piperazine rings is 1. The van der Waals surface area contributed by atoms with Crippen molar-refractivity contribution in [2.75, 3.05) is 19.6 Å². The van der Waals surface area contributed by atoms with Gasteiger partial charge in [0.15, 0.2) is 6.04 Å². The van der Waals surface area contributed by atoms with Crippen molar-refractivity contribution < 1.29 is 38.2 Å².